The Labute approximate surface area is 122 Å². The fourth-order valence-corrected chi connectivity index (χ4v) is 2.38. The van der Waals surface area contributed by atoms with Crippen LogP contribution in [0.2, 0.25) is 5.02 Å². The van der Waals surface area contributed by atoms with Crippen molar-refractivity contribution in [1.29, 1.82) is 0 Å². The van der Waals surface area contributed by atoms with Gasteiger partial charge >= 0.3 is 0 Å². The summed E-state index contributed by atoms with van der Waals surface area (Å²) in [5, 5.41) is 3.27. The SMILES string of the molecule is CNC(Cc1ccccc1F)Cc1cccc(F)c1Cl. The molecule has 1 N–H and O–H groups in total. The number of nitrogens with one attached hydrogen (secondary N) is 1. The van der Waals surface area contributed by atoms with Crippen LogP contribution >= 0.6 is 11.6 Å². The van der Waals surface area contributed by atoms with Gasteiger partial charge in [0.25, 0.3) is 0 Å². The second-order valence-corrected chi connectivity index (χ2v) is 5.08. The monoisotopic (exact) mass is 295 g/mol. The van der Waals surface area contributed by atoms with E-state index in [9.17, 15) is 8.78 Å². The zero-order chi connectivity index (χ0) is 14.5. The molecule has 2 aromatic carbocycles. The first-order valence-electron chi connectivity index (χ1n) is 6.45. The Morgan fingerprint density at radius 1 is 0.950 bits per heavy atom. The van der Waals surface area contributed by atoms with Crippen molar-refractivity contribution in [3.05, 3.63) is 70.2 Å². The van der Waals surface area contributed by atoms with Crippen LogP contribution < -0.4 is 5.32 Å². The summed E-state index contributed by atoms with van der Waals surface area (Å²) in [4.78, 5) is 0. The highest BCUT2D eigenvalue weighted by atomic mass is 35.5. The van der Waals surface area contributed by atoms with Crippen molar-refractivity contribution < 1.29 is 8.78 Å². The van der Waals surface area contributed by atoms with Gasteiger partial charge in [0.1, 0.15) is 11.6 Å². The molecule has 0 bridgehead atoms. The van der Waals surface area contributed by atoms with Crippen molar-refractivity contribution in [2.24, 2.45) is 0 Å². The van der Waals surface area contributed by atoms with Crippen molar-refractivity contribution in [1.82, 2.24) is 5.32 Å². The van der Waals surface area contributed by atoms with E-state index in [0.29, 0.717) is 18.4 Å². The lowest BCUT2D eigenvalue weighted by Gasteiger charge is -2.17. The summed E-state index contributed by atoms with van der Waals surface area (Å²) < 4.78 is 27.1. The predicted molar refractivity (Wildman–Crippen MR) is 78.1 cm³/mol. The van der Waals surface area contributed by atoms with Crippen LogP contribution in [0.1, 0.15) is 11.1 Å². The second-order valence-electron chi connectivity index (χ2n) is 4.70. The first-order valence-corrected chi connectivity index (χ1v) is 6.83. The van der Waals surface area contributed by atoms with Crippen LogP contribution in [0.5, 0.6) is 0 Å². The van der Waals surface area contributed by atoms with Gasteiger partial charge < -0.3 is 5.32 Å². The van der Waals surface area contributed by atoms with Gasteiger partial charge in [0.15, 0.2) is 0 Å². The molecule has 0 aliphatic heterocycles. The van der Waals surface area contributed by atoms with Gasteiger partial charge in [0.2, 0.25) is 0 Å². The average molecular weight is 296 g/mol. The summed E-state index contributed by atoms with van der Waals surface area (Å²) in [7, 11) is 1.80. The number of likely N-dealkylation sites (N-methyl/N-ethyl adjacent to an activating group) is 1. The molecule has 0 amide bonds. The average Bonchev–Trinajstić information content (AvgIpc) is 2.45. The summed E-state index contributed by atoms with van der Waals surface area (Å²) in [6.45, 7) is 0. The van der Waals surface area contributed by atoms with Gasteiger partial charge in [-0.25, -0.2) is 8.78 Å². The van der Waals surface area contributed by atoms with E-state index >= 15 is 0 Å². The smallest absolute Gasteiger partial charge is 0.142 e. The maximum absolute atomic E-state index is 13.7. The summed E-state index contributed by atoms with van der Waals surface area (Å²) >= 11 is 5.95. The van der Waals surface area contributed by atoms with Gasteiger partial charge in [-0.3, -0.25) is 0 Å². The van der Waals surface area contributed by atoms with E-state index in [2.05, 4.69) is 5.32 Å². The molecule has 2 rings (SSSR count). The predicted octanol–water partition coefficient (Wildman–Crippen LogP) is 3.99. The third-order valence-corrected chi connectivity index (χ3v) is 3.75. The highest BCUT2D eigenvalue weighted by Gasteiger charge is 2.14. The van der Waals surface area contributed by atoms with Gasteiger partial charge in [0, 0.05) is 6.04 Å². The lowest BCUT2D eigenvalue weighted by atomic mass is 9.98. The normalized spacial score (nSPS) is 12.4. The van der Waals surface area contributed by atoms with Crippen molar-refractivity contribution in [2.75, 3.05) is 7.05 Å². The van der Waals surface area contributed by atoms with Crippen molar-refractivity contribution in [2.45, 2.75) is 18.9 Å². The largest absolute Gasteiger partial charge is 0.316 e. The number of rotatable bonds is 5. The lowest BCUT2D eigenvalue weighted by Crippen LogP contribution is -2.30. The van der Waals surface area contributed by atoms with E-state index in [0.717, 1.165) is 5.56 Å². The minimum Gasteiger partial charge on any atom is -0.316 e. The molecule has 2 aromatic rings. The van der Waals surface area contributed by atoms with E-state index in [-0.39, 0.29) is 16.9 Å². The minimum atomic E-state index is -0.426. The molecule has 0 aromatic heterocycles. The molecule has 1 unspecified atom stereocenters. The highest BCUT2D eigenvalue weighted by Crippen LogP contribution is 2.22. The van der Waals surface area contributed by atoms with E-state index in [1.54, 1.807) is 37.4 Å². The summed E-state index contributed by atoms with van der Waals surface area (Å²) in [6.07, 6.45) is 1.07. The Kier molecular flexibility index (Phi) is 5.10. The minimum absolute atomic E-state index is 0.00815. The quantitative estimate of drug-likeness (QED) is 0.879. The first-order chi connectivity index (χ1) is 9.61. The zero-order valence-corrected chi connectivity index (χ0v) is 11.9. The van der Waals surface area contributed by atoms with Gasteiger partial charge in [-0.1, -0.05) is 41.9 Å². The molecule has 0 aliphatic carbocycles. The fourth-order valence-electron chi connectivity index (χ4n) is 2.18. The Morgan fingerprint density at radius 3 is 2.25 bits per heavy atom. The summed E-state index contributed by atoms with van der Waals surface area (Å²) in [5.41, 5.74) is 1.36. The molecule has 1 nitrogen and oxygen atoms in total. The van der Waals surface area contributed by atoms with Crippen molar-refractivity contribution in [3.63, 3.8) is 0 Å². The van der Waals surface area contributed by atoms with Crippen LogP contribution in [0.15, 0.2) is 42.5 Å². The number of hydrogen-bond acceptors (Lipinski definition) is 1. The van der Waals surface area contributed by atoms with Gasteiger partial charge in [-0.15, -0.1) is 0 Å². The van der Waals surface area contributed by atoms with Gasteiger partial charge in [-0.05, 0) is 43.1 Å². The Bertz CT molecular complexity index is 586. The van der Waals surface area contributed by atoms with Crippen LogP contribution in [0.25, 0.3) is 0 Å². The van der Waals surface area contributed by atoms with E-state index in [4.69, 9.17) is 11.6 Å². The molecular weight excluding hydrogens is 280 g/mol. The van der Waals surface area contributed by atoms with E-state index in [1.165, 1.54) is 12.1 Å². The van der Waals surface area contributed by atoms with Crippen LogP contribution in [0.3, 0.4) is 0 Å². The summed E-state index contributed by atoms with van der Waals surface area (Å²) in [6, 6.07) is 11.4. The second kappa shape index (κ2) is 6.82. The van der Waals surface area contributed by atoms with Crippen LogP contribution in [-0.2, 0) is 12.8 Å². The third-order valence-electron chi connectivity index (χ3n) is 3.33. The molecule has 20 heavy (non-hydrogen) atoms. The maximum Gasteiger partial charge on any atom is 0.142 e. The lowest BCUT2D eigenvalue weighted by molar-refractivity contribution is 0.530. The Morgan fingerprint density at radius 2 is 1.55 bits per heavy atom. The molecule has 0 aliphatic rings. The number of halogens is 3. The van der Waals surface area contributed by atoms with Crippen LogP contribution in [0.4, 0.5) is 8.78 Å². The van der Waals surface area contributed by atoms with Crippen LogP contribution in [0, 0.1) is 11.6 Å². The molecule has 0 spiro atoms. The molecule has 0 heterocycles. The number of benzene rings is 2. The molecular formula is C16H16ClF2N. The Hall–Kier alpha value is -1.45. The number of hydrogen-bond donors (Lipinski definition) is 1. The van der Waals surface area contributed by atoms with Gasteiger partial charge in [-0.2, -0.15) is 0 Å². The fraction of sp³-hybridized carbons (Fsp3) is 0.250. The molecule has 0 saturated carbocycles. The molecule has 0 saturated heterocycles. The molecule has 4 heteroatoms. The van der Waals surface area contributed by atoms with Crippen LogP contribution in [-0.4, -0.2) is 13.1 Å². The first kappa shape index (κ1) is 14.9. The molecule has 0 radical (unpaired) electrons. The van der Waals surface area contributed by atoms with E-state index in [1.807, 2.05) is 0 Å². The topological polar surface area (TPSA) is 12.0 Å². The van der Waals surface area contributed by atoms with E-state index < -0.39 is 5.82 Å². The zero-order valence-electron chi connectivity index (χ0n) is 11.2. The molecule has 0 fully saturated rings. The molecule has 106 valence electrons. The Balaban J connectivity index is 2.14. The van der Waals surface area contributed by atoms with Crippen molar-refractivity contribution >= 4 is 11.6 Å². The van der Waals surface area contributed by atoms with Crippen molar-refractivity contribution in [3.8, 4) is 0 Å². The summed E-state index contributed by atoms with van der Waals surface area (Å²) in [5.74, 6) is -0.650. The standard InChI is InChI=1S/C16H16ClF2N/c1-20-13(9-11-5-2-3-7-14(11)18)10-12-6-4-8-15(19)16(12)17/h2-8,13,20H,9-10H2,1H3. The maximum atomic E-state index is 13.7. The molecule has 1 atom stereocenters. The van der Waals surface area contributed by atoms with Gasteiger partial charge in [0.05, 0.1) is 5.02 Å². The highest BCUT2D eigenvalue weighted by molar-refractivity contribution is 6.31. The third kappa shape index (κ3) is 3.56.